The van der Waals surface area contributed by atoms with Gasteiger partial charge in [-0.15, -0.1) is 0 Å². The van der Waals surface area contributed by atoms with E-state index in [0.29, 0.717) is 5.02 Å². The van der Waals surface area contributed by atoms with Gasteiger partial charge in [-0.05, 0) is 37.2 Å². The smallest absolute Gasteiger partial charge is 0.0819 e. The summed E-state index contributed by atoms with van der Waals surface area (Å²) in [6.45, 7) is 5.62. The van der Waals surface area contributed by atoms with Crippen LogP contribution in [0.4, 0.5) is 0 Å². The molecule has 0 fully saturated rings. The first-order chi connectivity index (χ1) is 8.61. The van der Waals surface area contributed by atoms with Gasteiger partial charge in [0.15, 0.2) is 0 Å². The third-order valence-electron chi connectivity index (χ3n) is 2.69. The second-order valence-corrected chi connectivity index (χ2v) is 4.90. The number of benzene rings is 1. The summed E-state index contributed by atoms with van der Waals surface area (Å²) >= 11 is 12.1. The zero-order valence-corrected chi connectivity index (χ0v) is 11.9. The molecule has 0 aliphatic carbocycles. The second kappa shape index (κ2) is 5.74. The van der Waals surface area contributed by atoms with E-state index in [1.165, 1.54) is 0 Å². The van der Waals surface area contributed by atoms with Crippen molar-refractivity contribution in [2.24, 2.45) is 0 Å². The van der Waals surface area contributed by atoms with Crippen molar-refractivity contribution in [3.63, 3.8) is 0 Å². The number of halogens is 2. The molecule has 1 aromatic heterocycles. The summed E-state index contributed by atoms with van der Waals surface area (Å²) in [6.07, 6.45) is 1.82. The Hall–Kier alpha value is -1.03. The molecule has 0 spiro atoms. The van der Waals surface area contributed by atoms with Crippen molar-refractivity contribution in [3.8, 4) is 5.69 Å². The average Bonchev–Trinajstić information content (AvgIpc) is 2.67. The van der Waals surface area contributed by atoms with Gasteiger partial charge in [-0.25, -0.2) is 4.68 Å². The molecule has 0 bridgehead atoms. The summed E-state index contributed by atoms with van der Waals surface area (Å²) in [6, 6.07) is 5.76. The molecule has 2 rings (SSSR count). The zero-order chi connectivity index (χ0) is 13.1. The molecule has 1 N–H and O–H groups in total. The number of aromatic nitrogens is 2. The van der Waals surface area contributed by atoms with E-state index in [4.69, 9.17) is 23.2 Å². The first-order valence-corrected chi connectivity index (χ1v) is 6.58. The normalized spacial score (nSPS) is 10.9. The predicted octanol–water partition coefficient (Wildman–Crippen LogP) is 3.60. The van der Waals surface area contributed by atoms with Gasteiger partial charge < -0.3 is 5.32 Å². The maximum atomic E-state index is 6.04. The summed E-state index contributed by atoms with van der Waals surface area (Å²) in [4.78, 5) is 0. The molecular weight excluding hydrogens is 269 g/mol. The fourth-order valence-electron chi connectivity index (χ4n) is 1.74. The van der Waals surface area contributed by atoms with E-state index >= 15 is 0 Å². The lowest BCUT2D eigenvalue weighted by Gasteiger charge is -2.10. The molecular formula is C13H15Cl2N3. The van der Waals surface area contributed by atoms with Crippen LogP contribution in [0, 0.1) is 6.92 Å². The highest BCUT2D eigenvalue weighted by Gasteiger charge is 2.09. The van der Waals surface area contributed by atoms with E-state index in [2.05, 4.69) is 17.3 Å². The fourth-order valence-corrected chi connectivity index (χ4v) is 2.07. The van der Waals surface area contributed by atoms with Crippen molar-refractivity contribution < 1.29 is 0 Å². The molecule has 0 radical (unpaired) electrons. The van der Waals surface area contributed by atoms with Gasteiger partial charge in [0.25, 0.3) is 0 Å². The zero-order valence-electron chi connectivity index (χ0n) is 10.4. The standard InChI is InChI=1S/C13H15Cl2N3/c1-3-16-7-10-6-11(14)4-5-13(10)18-8-12(15)9(2)17-18/h4-6,8,16H,3,7H2,1-2H3. The Morgan fingerprint density at radius 2 is 2.11 bits per heavy atom. The van der Waals surface area contributed by atoms with Crippen LogP contribution in [-0.2, 0) is 6.54 Å². The lowest BCUT2D eigenvalue weighted by atomic mass is 10.2. The minimum Gasteiger partial charge on any atom is -0.313 e. The molecule has 0 saturated heterocycles. The minimum atomic E-state index is 0.666. The van der Waals surface area contributed by atoms with Gasteiger partial charge in [0, 0.05) is 17.8 Å². The van der Waals surface area contributed by atoms with Crippen molar-refractivity contribution in [3.05, 3.63) is 45.7 Å². The van der Waals surface area contributed by atoms with Crippen molar-refractivity contribution in [1.29, 1.82) is 0 Å². The number of rotatable bonds is 4. The summed E-state index contributed by atoms with van der Waals surface area (Å²) in [5.41, 5.74) is 2.92. The lowest BCUT2D eigenvalue weighted by Crippen LogP contribution is -2.14. The van der Waals surface area contributed by atoms with E-state index in [9.17, 15) is 0 Å². The average molecular weight is 284 g/mol. The van der Waals surface area contributed by atoms with Gasteiger partial charge >= 0.3 is 0 Å². The fraction of sp³-hybridized carbons (Fsp3) is 0.308. The molecule has 1 aromatic carbocycles. The van der Waals surface area contributed by atoms with Gasteiger partial charge in [0.05, 0.1) is 16.4 Å². The van der Waals surface area contributed by atoms with Crippen LogP contribution >= 0.6 is 23.2 Å². The van der Waals surface area contributed by atoms with E-state index in [1.807, 2.05) is 31.3 Å². The van der Waals surface area contributed by atoms with Crippen LogP contribution in [0.1, 0.15) is 18.2 Å². The van der Waals surface area contributed by atoms with Crippen LogP contribution in [0.5, 0.6) is 0 Å². The van der Waals surface area contributed by atoms with Crippen molar-refractivity contribution in [2.75, 3.05) is 6.54 Å². The minimum absolute atomic E-state index is 0.666. The van der Waals surface area contributed by atoms with Gasteiger partial charge in [-0.1, -0.05) is 30.1 Å². The molecule has 0 aliphatic rings. The monoisotopic (exact) mass is 283 g/mol. The summed E-state index contributed by atoms with van der Waals surface area (Å²) < 4.78 is 1.79. The Morgan fingerprint density at radius 3 is 2.72 bits per heavy atom. The Labute approximate surface area is 117 Å². The van der Waals surface area contributed by atoms with Crippen LogP contribution in [-0.4, -0.2) is 16.3 Å². The highest BCUT2D eigenvalue weighted by Crippen LogP contribution is 2.22. The first-order valence-electron chi connectivity index (χ1n) is 5.83. The topological polar surface area (TPSA) is 29.9 Å². The van der Waals surface area contributed by atoms with Crippen LogP contribution in [0.25, 0.3) is 5.69 Å². The van der Waals surface area contributed by atoms with Crippen LogP contribution in [0.15, 0.2) is 24.4 Å². The van der Waals surface area contributed by atoms with Crippen LogP contribution in [0.2, 0.25) is 10.0 Å². The van der Waals surface area contributed by atoms with E-state index in [1.54, 1.807) is 4.68 Å². The Kier molecular flexibility index (Phi) is 4.27. The Bertz CT molecular complexity index is 530. The molecule has 0 unspecified atom stereocenters. The van der Waals surface area contributed by atoms with Crippen molar-refractivity contribution in [2.45, 2.75) is 20.4 Å². The molecule has 0 amide bonds. The lowest BCUT2D eigenvalue weighted by molar-refractivity contribution is 0.716. The van der Waals surface area contributed by atoms with Crippen LogP contribution < -0.4 is 5.32 Å². The highest BCUT2D eigenvalue weighted by atomic mass is 35.5. The predicted molar refractivity (Wildman–Crippen MR) is 75.7 cm³/mol. The second-order valence-electron chi connectivity index (χ2n) is 4.06. The van der Waals surface area contributed by atoms with Crippen LogP contribution in [0.3, 0.4) is 0 Å². The maximum Gasteiger partial charge on any atom is 0.0819 e. The summed E-state index contributed by atoms with van der Waals surface area (Å²) in [7, 11) is 0. The molecule has 18 heavy (non-hydrogen) atoms. The Balaban J connectivity index is 2.42. The molecule has 5 heteroatoms. The van der Waals surface area contributed by atoms with Gasteiger partial charge in [-0.3, -0.25) is 0 Å². The summed E-state index contributed by atoms with van der Waals surface area (Å²) in [5, 5.41) is 9.07. The molecule has 96 valence electrons. The first kappa shape index (κ1) is 13.4. The number of nitrogens with one attached hydrogen (secondary N) is 1. The van der Waals surface area contributed by atoms with Gasteiger partial charge in [0.1, 0.15) is 0 Å². The third kappa shape index (κ3) is 2.86. The number of nitrogens with zero attached hydrogens (tertiary/aromatic N) is 2. The van der Waals surface area contributed by atoms with E-state index in [-0.39, 0.29) is 0 Å². The summed E-state index contributed by atoms with van der Waals surface area (Å²) in [5.74, 6) is 0. The number of hydrogen-bond acceptors (Lipinski definition) is 2. The molecule has 0 saturated carbocycles. The molecule has 2 aromatic rings. The number of aryl methyl sites for hydroxylation is 1. The molecule has 0 atom stereocenters. The molecule has 0 aliphatic heterocycles. The quantitative estimate of drug-likeness (QED) is 0.929. The van der Waals surface area contributed by atoms with Gasteiger partial charge in [0.2, 0.25) is 0 Å². The Morgan fingerprint density at radius 1 is 1.33 bits per heavy atom. The largest absolute Gasteiger partial charge is 0.313 e. The molecule has 3 nitrogen and oxygen atoms in total. The molecule has 1 heterocycles. The van der Waals surface area contributed by atoms with E-state index < -0.39 is 0 Å². The van der Waals surface area contributed by atoms with E-state index in [0.717, 1.165) is 35.1 Å². The highest BCUT2D eigenvalue weighted by molar-refractivity contribution is 6.31. The van der Waals surface area contributed by atoms with Crippen molar-refractivity contribution in [1.82, 2.24) is 15.1 Å². The van der Waals surface area contributed by atoms with Gasteiger partial charge in [-0.2, -0.15) is 5.10 Å². The third-order valence-corrected chi connectivity index (χ3v) is 3.30. The maximum absolute atomic E-state index is 6.04. The SMILES string of the molecule is CCNCc1cc(Cl)ccc1-n1cc(Cl)c(C)n1. The van der Waals surface area contributed by atoms with Crippen molar-refractivity contribution >= 4 is 23.2 Å². The number of hydrogen-bond donors (Lipinski definition) is 1.